The van der Waals surface area contributed by atoms with Crippen LogP contribution in [0, 0.1) is 0 Å². The molecular weight excluding hydrogens is 389 g/mol. The summed E-state index contributed by atoms with van der Waals surface area (Å²) in [5, 5.41) is 8.98. The zero-order chi connectivity index (χ0) is 21.2. The Balaban J connectivity index is 1.86. The molecule has 158 valence electrons. The highest BCUT2D eigenvalue weighted by atomic mass is 32.1. The van der Waals surface area contributed by atoms with Gasteiger partial charge in [-0.15, -0.1) is 11.3 Å². The van der Waals surface area contributed by atoms with E-state index in [1.54, 1.807) is 23.1 Å². The lowest BCUT2D eigenvalue weighted by atomic mass is 10.0. The first kappa shape index (κ1) is 23.1. The van der Waals surface area contributed by atoms with Crippen LogP contribution in [0.4, 0.5) is 10.1 Å². The van der Waals surface area contributed by atoms with E-state index in [1.807, 2.05) is 18.2 Å². The molecule has 0 saturated carbocycles. The smallest absolute Gasteiger partial charge is 0.345 e. The topological polar surface area (TPSA) is 57.6 Å². The van der Waals surface area contributed by atoms with Gasteiger partial charge in [-0.2, -0.15) is 0 Å². The van der Waals surface area contributed by atoms with Crippen LogP contribution in [0.5, 0.6) is 0 Å². The molecule has 1 aromatic heterocycles. The maximum atomic E-state index is 14.3. The molecule has 0 aliphatic rings. The number of carboxylic acid groups (broad SMARTS) is 1. The van der Waals surface area contributed by atoms with Crippen molar-refractivity contribution in [3.63, 3.8) is 0 Å². The van der Waals surface area contributed by atoms with E-state index in [2.05, 4.69) is 6.92 Å². The number of aryl methyl sites for hydroxylation is 1. The number of halogens is 1. The molecule has 2 rings (SSSR count). The van der Waals surface area contributed by atoms with Crippen molar-refractivity contribution >= 4 is 28.9 Å². The van der Waals surface area contributed by atoms with E-state index < -0.39 is 12.1 Å². The number of amides is 1. The predicted molar refractivity (Wildman–Crippen MR) is 117 cm³/mol. The molecule has 2 aromatic rings. The SMILES string of the molecule is CCCCCC(F)c1ccc(N(CCCCc2ccc(C(=O)O)s2)C(C)=O)cc1. The molecule has 1 atom stereocenters. The molecule has 1 aromatic carbocycles. The molecular formula is C23H30FNO3S. The summed E-state index contributed by atoms with van der Waals surface area (Å²) < 4.78 is 14.3. The van der Waals surface area contributed by atoms with Crippen LogP contribution in [0.2, 0.25) is 0 Å². The summed E-state index contributed by atoms with van der Waals surface area (Å²) in [5.41, 5.74) is 1.45. The van der Waals surface area contributed by atoms with Gasteiger partial charge in [-0.05, 0) is 55.5 Å². The van der Waals surface area contributed by atoms with Crippen molar-refractivity contribution in [2.45, 2.75) is 65.0 Å². The Hall–Kier alpha value is -2.21. The van der Waals surface area contributed by atoms with Gasteiger partial charge >= 0.3 is 5.97 Å². The molecule has 0 aliphatic heterocycles. The fourth-order valence-electron chi connectivity index (χ4n) is 3.27. The molecule has 6 heteroatoms. The van der Waals surface area contributed by atoms with Gasteiger partial charge in [-0.1, -0.05) is 38.3 Å². The first-order valence-electron chi connectivity index (χ1n) is 10.3. The minimum absolute atomic E-state index is 0.0400. The Morgan fingerprint density at radius 1 is 1.07 bits per heavy atom. The molecule has 4 nitrogen and oxygen atoms in total. The third-order valence-electron chi connectivity index (χ3n) is 4.94. The number of carbonyl (C=O) groups excluding carboxylic acids is 1. The fraction of sp³-hybridized carbons (Fsp3) is 0.478. The van der Waals surface area contributed by atoms with Gasteiger partial charge in [-0.3, -0.25) is 4.79 Å². The second-order valence-electron chi connectivity index (χ2n) is 7.25. The minimum Gasteiger partial charge on any atom is -0.477 e. The summed E-state index contributed by atoms with van der Waals surface area (Å²) in [6, 6.07) is 10.7. The van der Waals surface area contributed by atoms with Crippen molar-refractivity contribution in [2.75, 3.05) is 11.4 Å². The summed E-state index contributed by atoms with van der Waals surface area (Å²) in [7, 11) is 0. The van der Waals surface area contributed by atoms with E-state index >= 15 is 0 Å². The highest BCUT2D eigenvalue weighted by Crippen LogP contribution is 2.26. The van der Waals surface area contributed by atoms with Gasteiger partial charge in [0.05, 0.1) is 0 Å². The number of unbranched alkanes of at least 4 members (excludes halogenated alkanes) is 3. The van der Waals surface area contributed by atoms with Crippen molar-refractivity contribution in [3.8, 4) is 0 Å². The van der Waals surface area contributed by atoms with Crippen LogP contribution in [-0.4, -0.2) is 23.5 Å². The minimum atomic E-state index is -0.956. The second-order valence-corrected chi connectivity index (χ2v) is 8.42. The number of hydrogen-bond acceptors (Lipinski definition) is 3. The number of carbonyl (C=O) groups is 2. The number of alkyl halides is 1. The van der Waals surface area contributed by atoms with Gasteiger partial charge < -0.3 is 10.0 Å². The third-order valence-corrected chi connectivity index (χ3v) is 6.07. The van der Waals surface area contributed by atoms with E-state index in [1.165, 1.54) is 18.3 Å². The first-order valence-corrected chi connectivity index (χ1v) is 11.1. The molecule has 0 radical (unpaired) electrons. The predicted octanol–water partition coefficient (Wildman–Crippen LogP) is 6.41. The largest absolute Gasteiger partial charge is 0.477 e. The summed E-state index contributed by atoms with van der Waals surface area (Å²) in [5.74, 6) is -0.935. The monoisotopic (exact) mass is 419 g/mol. The Kier molecular flexibility index (Phi) is 9.32. The number of thiophene rings is 1. The van der Waals surface area contributed by atoms with Crippen molar-refractivity contribution < 1.29 is 19.1 Å². The van der Waals surface area contributed by atoms with Crippen molar-refractivity contribution in [2.24, 2.45) is 0 Å². The lowest BCUT2D eigenvalue weighted by Crippen LogP contribution is -2.29. The van der Waals surface area contributed by atoms with Crippen molar-refractivity contribution in [1.82, 2.24) is 0 Å². The zero-order valence-corrected chi connectivity index (χ0v) is 18.0. The van der Waals surface area contributed by atoms with E-state index in [9.17, 15) is 14.0 Å². The molecule has 0 saturated heterocycles. The van der Waals surface area contributed by atoms with Crippen LogP contribution < -0.4 is 4.90 Å². The first-order chi connectivity index (χ1) is 13.9. The number of carboxylic acids is 1. The lowest BCUT2D eigenvalue weighted by molar-refractivity contribution is -0.116. The maximum absolute atomic E-state index is 14.3. The van der Waals surface area contributed by atoms with E-state index in [0.717, 1.165) is 49.1 Å². The summed E-state index contributed by atoms with van der Waals surface area (Å²) in [6.45, 7) is 4.22. The molecule has 1 heterocycles. The van der Waals surface area contributed by atoms with E-state index in [0.29, 0.717) is 23.4 Å². The van der Waals surface area contributed by atoms with Gasteiger partial charge in [-0.25, -0.2) is 9.18 Å². The molecule has 1 unspecified atom stereocenters. The van der Waals surface area contributed by atoms with Gasteiger partial charge in [0, 0.05) is 24.0 Å². The number of rotatable bonds is 12. The maximum Gasteiger partial charge on any atom is 0.345 e. The van der Waals surface area contributed by atoms with E-state index in [-0.39, 0.29) is 5.91 Å². The second kappa shape index (κ2) is 11.7. The number of aromatic carboxylic acids is 1. The van der Waals surface area contributed by atoms with Crippen LogP contribution in [0.25, 0.3) is 0 Å². The van der Waals surface area contributed by atoms with Crippen molar-refractivity contribution in [3.05, 3.63) is 51.7 Å². The van der Waals surface area contributed by atoms with Gasteiger partial charge in [0.25, 0.3) is 0 Å². The van der Waals surface area contributed by atoms with Gasteiger partial charge in [0.2, 0.25) is 5.91 Å². The molecule has 0 spiro atoms. The molecule has 0 fully saturated rings. The Morgan fingerprint density at radius 3 is 2.38 bits per heavy atom. The average molecular weight is 420 g/mol. The Labute approximate surface area is 176 Å². The standard InChI is InChI=1S/C23H30FNO3S/c1-3-4-5-9-21(24)18-10-12-19(13-11-18)25(17(2)26)16-7-6-8-20-14-15-22(29-20)23(27)28/h10-15,21H,3-9,16H2,1-2H3,(H,27,28). The fourth-order valence-corrected chi connectivity index (χ4v) is 4.16. The number of benzene rings is 1. The van der Waals surface area contributed by atoms with Gasteiger partial charge in [0.1, 0.15) is 11.0 Å². The normalized spacial score (nSPS) is 12.0. The average Bonchev–Trinajstić information content (AvgIpc) is 3.17. The Bertz CT molecular complexity index is 788. The molecule has 1 amide bonds. The summed E-state index contributed by atoms with van der Waals surface area (Å²) in [6.07, 6.45) is 5.06. The van der Waals surface area contributed by atoms with Crippen LogP contribution in [0.15, 0.2) is 36.4 Å². The number of nitrogens with zero attached hydrogens (tertiary/aromatic N) is 1. The van der Waals surface area contributed by atoms with E-state index in [4.69, 9.17) is 5.11 Å². The van der Waals surface area contributed by atoms with Crippen LogP contribution in [-0.2, 0) is 11.2 Å². The summed E-state index contributed by atoms with van der Waals surface area (Å²) in [4.78, 5) is 26.1. The molecule has 0 aliphatic carbocycles. The highest BCUT2D eigenvalue weighted by Gasteiger charge is 2.14. The quantitative estimate of drug-likeness (QED) is 0.404. The molecule has 29 heavy (non-hydrogen) atoms. The third kappa shape index (κ3) is 7.28. The lowest BCUT2D eigenvalue weighted by Gasteiger charge is -2.22. The van der Waals surface area contributed by atoms with Gasteiger partial charge in [0.15, 0.2) is 0 Å². The van der Waals surface area contributed by atoms with Crippen LogP contribution in [0.3, 0.4) is 0 Å². The Morgan fingerprint density at radius 2 is 1.79 bits per heavy atom. The zero-order valence-electron chi connectivity index (χ0n) is 17.2. The number of hydrogen-bond donors (Lipinski definition) is 1. The highest BCUT2D eigenvalue weighted by molar-refractivity contribution is 7.13. The molecule has 1 N–H and O–H groups in total. The number of anilines is 1. The van der Waals surface area contributed by atoms with Crippen LogP contribution in [0.1, 0.15) is 78.7 Å². The van der Waals surface area contributed by atoms with Crippen molar-refractivity contribution in [1.29, 1.82) is 0 Å². The summed E-state index contributed by atoms with van der Waals surface area (Å²) >= 11 is 1.30. The molecule has 0 bridgehead atoms. The van der Waals surface area contributed by atoms with Crippen LogP contribution >= 0.6 is 11.3 Å².